The Balaban J connectivity index is 1.61. The van der Waals surface area contributed by atoms with Crippen molar-refractivity contribution < 1.29 is 17.9 Å². The second-order valence-corrected chi connectivity index (χ2v) is 7.75. The molecule has 0 aliphatic carbocycles. The van der Waals surface area contributed by atoms with Gasteiger partial charge in [-0.2, -0.15) is 24.5 Å². The Hall–Kier alpha value is -3.32. The molecule has 0 saturated heterocycles. The number of alkyl halides is 3. The second kappa shape index (κ2) is 8.43. The number of benzene rings is 2. The van der Waals surface area contributed by atoms with Crippen LogP contribution in [0, 0.1) is 0 Å². The number of methoxy groups -OCH3 is 1. The SMILES string of the molecule is C=C(NCc1cc2ccc(OC)cc2nc1-c1ccsc1)c1ccc(C(F)(F)F)cc1. The molecule has 2 aromatic carbocycles. The minimum absolute atomic E-state index is 0.431. The van der Waals surface area contributed by atoms with Crippen molar-refractivity contribution in [3.05, 3.63) is 88.6 Å². The summed E-state index contributed by atoms with van der Waals surface area (Å²) in [6.45, 7) is 4.41. The average Bonchev–Trinajstić information content (AvgIpc) is 3.30. The van der Waals surface area contributed by atoms with Crippen molar-refractivity contribution in [2.75, 3.05) is 7.11 Å². The van der Waals surface area contributed by atoms with Crippen molar-refractivity contribution in [3.8, 4) is 17.0 Å². The third-order valence-corrected chi connectivity index (χ3v) is 5.63. The molecule has 31 heavy (non-hydrogen) atoms. The van der Waals surface area contributed by atoms with Gasteiger partial charge in [0, 0.05) is 34.6 Å². The fraction of sp³-hybridized carbons (Fsp3) is 0.125. The summed E-state index contributed by atoms with van der Waals surface area (Å²) in [7, 11) is 1.62. The second-order valence-electron chi connectivity index (χ2n) is 6.97. The predicted molar refractivity (Wildman–Crippen MR) is 119 cm³/mol. The molecule has 4 rings (SSSR count). The lowest BCUT2D eigenvalue weighted by Gasteiger charge is -2.15. The van der Waals surface area contributed by atoms with Crippen LogP contribution >= 0.6 is 11.3 Å². The van der Waals surface area contributed by atoms with E-state index < -0.39 is 11.7 Å². The number of halogens is 3. The van der Waals surface area contributed by atoms with E-state index in [1.165, 1.54) is 12.1 Å². The molecule has 0 spiro atoms. The van der Waals surface area contributed by atoms with Gasteiger partial charge in [-0.1, -0.05) is 18.7 Å². The third kappa shape index (κ3) is 4.56. The molecular formula is C24H19F3N2OS. The van der Waals surface area contributed by atoms with E-state index in [0.717, 1.165) is 45.6 Å². The van der Waals surface area contributed by atoms with Gasteiger partial charge in [0.05, 0.1) is 23.9 Å². The zero-order valence-electron chi connectivity index (χ0n) is 16.7. The third-order valence-electron chi connectivity index (χ3n) is 4.95. The fourth-order valence-corrected chi connectivity index (χ4v) is 3.91. The highest BCUT2D eigenvalue weighted by Gasteiger charge is 2.30. The van der Waals surface area contributed by atoms with Crippen molar-refractivity contribution in [1.82, 2.24) is 10.3 Å². The molecule has 0 saturated carbocycles. The van der Waals surface area contributed by atoms with E-state index in [0.29, 0.717) is 17.8 Å². The molecule has 158 valence electrons. The van der Waals surface area contributed by atoms with Crippen LogP contribution < -0.4 is 10.1 Å². The Labute approximate surface area is 181 Å². The Bertz CT molecular complexity index is 1220. The Morgan fingerprint density at radius 1 is 1.10 bits per heavy atom. The van der Waals surface area contributed by atoms with Gasteiger partial charge < -0.3 is 10.1 Å². The molecule has 7 heteroatoms. The summed E-state index contributed by atoms with van der Waals surface area (Å²) < 4.78 is 43.7. The highest BCUT2D eigenvalue weighted by molar-refractivity contribution is 7.08. The van der Waals surface area contributed by atoms with Gasteiger partial charge in [-0.15, -0.1) is 0 Å². The summed E-state index contributed by atoms with van der Waals surface area (Å²) in [5, 5.41) is 8.22. The molecule has 0 bridgehead atoms. The Kier molecular flexibility index (Phi) is 5.69. The standard InChI is InChI=1S/C24H19F3N2OS/c1-15(16-3-6-20(7-4-16)24(25,26)27)28-13-19-11-17-5-8-21(30-2)12-22(17)29-23(19)18-9-10-31-14-18/h3-12,14,28H,1,13H2,2H3. The van der Waals surface area contributed by atoms with Crippen LogP contribution in [0.15, 0.2) is 71.9 Å². The van der Waals surface area contributed by atoms with Crippen LogP contribution in [0.25, 0.3) is 27.9 Å². The first-order chi connectivity index (χ1) is 14.8. The van der Waals surface area contributed by atoms with Gasteiger partial charge in [0.25, 0.3) is 0 Å². The number of nitrogens with zero attached hydrogens (tertiary/aromatic N) is 1. The van der Waals surface area contributed by atoms with Crippen LogP contribution in [0.4, 0.5) is 13.2 Å². The molecule has 0 unspecified atom stereocenters. The summed E-state index contributed by atoms with van der Waals surface area (Å²) in [4.78, 5) is 4.85. The first-order valence-electron chi connectivity index (χ1n) is 9.46. The largest absolute Gasteiger partial charge is 0.497 e. The molecule has 0 radical (unpaired) electrons. The number of fused-ring (bicyclic) bond motifs is 1. The number of rotatable bonds is 6. The van der Waals surface area contributed by atoms with Crippen LogP contribution in [0.1, 0.15) is 16.7 Å². The summed E-state index contributed by atoms with van der Waals surface area (Å²) in [6.07, 6.45) is -4.36. The monoisotopic (exact) mass is 440 g/mol. The molecule has 0 amide bonds. The van der Waals surface area contributed by atoms with Crippen LogP contribution in [0.3, 0.4) is 0 Å². The predicted octanol–water partition coefficient (Wildman–Crippen LogP) is 6.75. The van der Waals surface area contributed by atoms with E-state index in [2.05, 4.69) is 18.0 Å². The molecule has 0 fully saturated rings. The smallest absolute Gasteiger partial charge is 0.416 e. The first kappa shape index (κ1) is 20.9. The van der Waals surface area contributed by atoms with Gasteiger partial charge in [-0.05, 0) is 52.9 Å². The number of thiophene rings is 1. The van der Waals surface area contributed by atoms with E-state index in [1.54, 1.807) is 18.4 Å². The first-order valence-corrected chi connectivity index (χ1v) is 10.4. The minimum atomic E-state index is -4.36. The van der Waals surface area contributed by atoms with Gasteiger partial charge in [-0.3, -0.25) is 0 Å². The molecule has 0 atom stereocenters. The maximum atomic E-state index is 12.8. The fourth-order valence-electron chi connectivity index (χ4n) is 3.27. The number of nitrogens with one attached hydrogen (secondary N) is 1. The van der Waals surface area contributed by atoms with Crippen LogP contribution in [0.2, 0.25) is 0 Å². The number of aromatic nitrogens is 1. The van der Waals surface area contributed by atoms with Crippen LogP contribution in [-0.4, -0.2) is 12.1 Å². The highest BCUT2D eigenvalue weighted by Crippen LogP contribution is 2.31. The summed E-state index contributed by atoms with van der Waals surface area (Å²) >= 11 is 1.59. The normalized spacial score (nSPS) is 11.5. The zero-order valence-corrected chi connectivity index (χ0v) is 17.5. The van der Waals surface area contributed by atoms with Crippen molar-refractivity contribution in [1.29, 1.82) is 0 Å². The molecule has 2 heterocycles. The number of hydrogen-bond donors (Lipinski definition) is 1. The van der Waals surface area contributed by atoms with E-state index in [1.807, 2.05) is 35.0 Å². The number of pyridine rings is 1. The molecular weight excluding hydrogens is 421 g/mol. The van der Waals surface area contributed by atoms with Crippen LogP contribution in [-0.2, 0) is 12.7 Å². The quantitative estimate of drug-likeness (QED) is 0.360. The maximum absolute atomic E-state index is 12.8. The number of ether oxygens (including phenoxy) is 1. The summed E-state index contributed by atoms with van der Waals surface area (Å²) in [5.41, 5.74) is 4.10. The molecule has 1 N–H and O–H groups in total. The average molecular weight is 440 g/mol. The molecule has 2 aromatic heterocycles. The van der Waals surface area contributed by atoms with E-state index in [4.69, 9.17) is 9.72 Å². The lowest BCUT2D eigenvalue weighted by molar-refractivity contribution is -0.137. The molecule has 3 nitrogen and oxygen atoms in total. The maximum Gasteiger partial charge on any atom is 0.416 e. The van der Waals surface area contributed by atoms with Gasteiger partial charge in [0.15, 0.2) is 0 Å². The molecule has 0 aliphatic rings. The van der Waals surface area contributed by atoms with Gasteiger partial charge in [0.2, 0.25) is 0 Å². The van der Waals surface area contributed by atoms with E-state index in [9.17, 15) is 13.2 Å². The van der Waals surface area contributed by atoms with Crippen molar-refractivity contribution in [2.24, 2.45) is 0 Å². The summed E-state index contributed by atoms with van der Waals surface area (Å²) in [6, 6.07) is 14.7. The molecule has 0 aliphatic heterocycles. The summed E-state index contributed by atoms with van der Waals surface area (Å²) in [5.74, 6) is 0.734. The van der Waals surface area contributed by atoms with Gasteiger partial charge >= 0.3 is 6.18 Å². The molecule has 4 aromatic rings. The van der Waals surface area contributed by atoms with Crippen molar-refractivity contribution in [2.45, 2.75) is 12.7 Å². The highest BCUT2D eigenvalue weighted by atomic mass is 32.1. The van der Waals surface area contributed by atoms with Crippen LogP contribution in [0.5, 0.6) is 5.75 Å². The lowest BCUT2D eigenvalue weighted by Crippen LogP contribution is -2.13. The Morgan fingerprint density at radius 2 is 1.87 bits per heavy atom. The van der Waals surface area contributed by atoms with Gasteiger partial charge in [-0.25, -0.2) is 4.98 Å². The van der Waals surface area contributed by atoms with E-state index >= 15 is 0 Å². The van der Waals surface area contributed by atoms with Crippen molar-refractivity contribution in [3.63, 3.8) is 0 Å². The van der Waals surface area contributed by atoms with Crippen molar-refractivity contribution >= 4 is 27.9 Å². The lowest BCUT2D eigenvalue weighted by atomic mass is 10.0. The topological polar surface area (TPSA) is 34.1 Å². The minimum Gasteiger partial charge on any atom is -0.497 e. The zero-order chi connectivity index (χ0) is 22.0. The number of hydrogen-bond acceptors (Lipinski definition) is 4. The van der Waals surface area contributed by atoms with E-state index in [-0.39, 0.29) is 0 Å². The van der Waals surface area contributed by atoms with Gasteiger partial charge in [0.1, 0.15) is 5.75 Å². The Morgan fingerprint density at radius 3 is 2.52 bits per heavy atom.